The monoisotopic (exact) mass is 445 g/mol. The number of hydrogen-bond donors (Lipinski definition) is 1. The summed E-state index contributed by atoms with van der Waals surface area (Å²) in [6.45, 7) is 14.1. The molecule has 1 atom stereocenters. The van der Waals surface area contributed by atoms with Crippen LogP contribution in [0.25, 0.3) is 27.4 Å². The van der Waals surface area contributed by atoms with Gasteiger partial charge in [0.15, 0.2) is 0 Å². The van der Waals surface area contributed by atoms with E-state index in [1.165, 1.54) is 49.6 Å². The number of nitrogens with one attached hydrogen (secondary N) is 1. The predicted octanol–water partition coefficient (Wildman–Crippen LogP) is 9.07. The highest BCUT2D eigenvalue weighted by molar-refractivity contribution is 6.08. The van der Waals surface area contributed by atoms with Crippen LogP contribution >= 0.6 is 0 Å². The van der Waals surface area contributed by atoms with Gasteiger partial charge in [-0.2, -0.15) is 0 Å². The first-order valence-electron chi connectivity index (χ1n) is 12.7. The summed E-state index contributed by atoms with van der Waals surface area (Å²) in [4.78, 5) is 3.68. The van der Waals surface area contributed by atoms with Crippen molar-refractivity contribution in [3.05, 3.63) is 101 Å². The molecule has 2 aliphatic carbocycles. The number of aromatic amines is 1. The summed E-state index contributed by atoms with van der Waals surface area (Å²) >= 11 is 0. The molecule has 0 radical (unpaired) electrons. The second kappa shape index (κ2) is 6.98. The van der Waals surface area contributed by atoms with Crippen LogP contribution in [0.3, 0.4) is 0 Å². The SMILES string of the molecule is CC(C)(C)c1ccc2[nH]c3ccc(C4(C(C)(C)C)C5=C(CCC=C5)c5ccccc54)cc3c2c1. The summed E-state index contributed by atoms with van der Waals surface area (Å²) in [5.41, 5.74) is 11.1. The normalized spacial score (nSPS) is 20.3. The zero-order valence-electron chi connectivity index (χ0n) is 21.3. The van der Waals surface area contributed by atoms with Gasteiger partial charge in [0.1, 0.15) is 0 Å². The molecule has 1 aromatic heterocycles. The lowest BCUT2D eigenvalue weighted by molar-refractivity contribution is 0.275. The lowest BCUT2D eigenvalue weighted by Crippen LogP contribution is -2.41. The summed E-state index contributed by atoms with van der Waals surface area (Å²) in [5, 5.41) is 2.65. The minimum absolute atomic E-state index is 0.0121. The maximum Gasteiger partial charge on any atom is 0.0508 e. The van der Waals surface area contributed by atoms with Crippen molar-refractivity contribution in [2.75, 3.05) is 0 Å². The first kappa shape index (κ1) is 21.5. The fourth-order valence-electron chi connectivity index (χ4n) is 6.66. The van der Waals surface area contributed by atoms with E-state index in [4.69, 9.17) is 0 Å². The highest BCUT2D eigenvalue weighted by Gasteiger charge is 2.53. The molecule has 0 spiro atoms. The molecule has 0 saturated heterocycles. The van der Waals surface area contributed by atoms with Crippen molar-refractivity contribution in [3.63, 3.8) is 0 Å². The second-order valence-corrected chi connectivity index (χ2v) is 12.3. The van der Waals surface area contributed by atoms with E-state index in [9.17, 15) is 0 Å². The molecule has 0 amide bonds. The number of H-pyrrole nitrogens is 1. The highest BCUT2D eigenvalue weighted by Crippen LogP contribution is 2.61. The molecular weight excluding hydrogens is 410 g/mol. The molecule has 1 heterocycles. The topological polar surface area (TPSA) is 15.8 Å². The molecule has 3 aromatic carbocycles. The Kier molecular flexibility index (Phi) is 4.41. The predicted molar refractivity (Wildman–Crippen MR) is 146 cm³/mol. The smallest absolute Gasteiger partial charge is 0.0508 e. The summed E-state index contributed by atoms with van der Waals surface area (Å²) in [5.74, 6) is 0. The van der Waals surface area contributed by atoms with Crippen molar-refractivity contribution >= 4 is 27.4 Å². The van der Waals surface area contributed by atoms with E-state index in [1.807, 2.05) is 0 Å². The lowest BCUT2D eigenvalue weighted by Gasteiger charge is -2.46. The summed E-state index contributed by atoms with van der Waals surface area (Å²) < 4.78 is 0. The molecular formula is C33H35N. The third kappa shape index (κ3) is 2.79. The average molecular weight is 446 g/mol. The zero-order valence-corrected chi connectivity index (χ0v) is 21.3. The van der Waals surface area contributed by atoms with Gasteiger partial charge in [0.2, 0.25) is 0 Å². The Morgan fingerprint density at radius 1 is 0.794 bits per heavy atom. The number of hydrogen-bond acceptors (Lipinski definition) is 0. The van der Waals surface area contributed by atoms with Gasteiger partial charge in [-0.05, 0) is 81.3 Å². The first-order chi connectivity index (χ1) is 16.1. The van der Waals surface area contributed by atoms with Gasteiger partial charge in [-0.1, -0.05) is 90.1 Å². The van der Waals surface area contributed by atoms with Crippen molar-refractivity contribution in [3.8, 4) is 0 Å². The minimum Gasteiger partial charge on any atom is -0.355 e. The van der Waals surface area contributed by atoms with Crippen LogP contribution in [0.5, 0.6) is 0 Å². The van der Waals surface area contributed by atoms with Crippen LogP contribution in [0, 0.1) is 5.41 Å². The van der Waals surface area contributed by atoms with Crippen LogP contribution in [0.15, 0.2) is 78.4 Å². The van der Waals surface area contributed by atoms with E-state index in [0.29, 0.717) is 0 Å². The zero-order chi connectivity index (χ0) is 23.9. The van der Waals surface area contributed by atoms with Crippen molar-refractivity contribution < 1.29 is 0 Å². The number of fused-ring (bicyclic) bond motifs is 5. The van der Waals surface area contributed by atoms with Crippen LogP contribution in [-0.4, -0.2) is 4.98 Å². The number of rotatable bonds is 1. The maximum atomic E-state index is 3.68. The number of benzene rings is 3. The summed E-state index contributed by atoms with van der Waals surface area (Å²) in [7, 11) is 0. The first-order valence-corrected chi connectivity index (χ1v) is 12.7. The molecule has 0 bridgehead atoms. The minimum atomic E-state index is -0.171. The Labute approximate surface area is 203 Å². The molecule has 1 N–H and O–H groups in total. The number of allylic oxidation sites excluding steroid dienone is 4. The van der Waals surface area contributed by atoms with Gasteiger partial charge >= 0.3 is 0 Å². The molecule has 172 valence electrons. The van der Waals surface area contributed by atoms with E-state index in [2.05, 4.69) is 119 Å². The van der Waals surface area contributed by atoms with Crippen LogP contribution in [-0.2, 0) is 10.8 Å². The van der Waals surface area contributed by atoms with Gasteiger partial charge in [0.25, 0.3) is 0 Å². The molecule has 0 fully saturated rings. The van der Waals surface area contributed by atoms with Gasteiger partial charge in [-0.3, -0.25) is 0 Å². The Morgan fingerprint density at radius 2 is 1.50 bits per heavy atom. The van der Waals surface area contributed by atoms with Gasteiger partial charge < -0.3 is 4.98 Å². The fraction of sp³-hybridized carbons (Fsp3) is 0.333. The second-order valence-electron chi connectivity index (χ2n) is 12.3. The Hall–Kier alpha value is -3.06. The van der Waals surface area contributed by atoms with Gasteiger partial charge in [0.05, 0.1) is 5.41 Å². The Morgan fingerprint density at radius 3 is 2.24 bits per heavy atom. The Balaban J connectivity index is 1.69. The van der Waals surface area contributed by atoms with E-state index in [1.54, 1.807) is 5.57 Å². The summed E-state index contributed by atoms with van der Waals surface area (Å²) in [6, 6.07) is 23.2. The maximum absolute atomic E-state index is 3.68. The van der Waals surface area contributed by atoms with Crippen molar-refractivity contribution in [2.45, 2.75) is 65.2 Å². The standard InChI is InChI=1S/C33H35N/c1-31(2,3)21-15-17-29-25(19-21)26-20-22(16-18-30(26)34-29)33(32(4,5)6)27-13-9-7-11-23(27)24-12-8-10-14-28(24)33/h7,9-11,13-20,34H,8,12H2,1-6H3. The molecule has 1 heteroatoms. The lowest BCUT2D eigenvalue weighted by atomic mass is 9.56. The molecule has 1 unspecified atom stereocenters. The van der Waals surface area contributed by atoms with Crippen LogP contribution in [0.2, 0.25) is 0 Å². The van der Waals surface area contributed by atoms with Gasteiger partial charge in [-0.15, -0.1) is 0 Å². The largest absolute Gasteiger partial charge is 0.355 e. The number of aromatic nitrogens is 1. The van der Waals surface area contributed by atoms with Crippen LogP contribution < -0.4 is 0 Å². The fourth-order valence-corrected chi connectivity index (χ4v) is 6.66. The average Bonchev–Trinajstić information content (AvgIpc) is 3.31. The van der Waals surface area contributed by atoms with E-state index >= 15 is 0 Å². The van der Waals surface area contributed by atoms with Crippen LogP contribution in [0.1, 0.15) is 76.6 Å². The molecule has 1 nitrogen and oxygen atoms in total. The third-order valence-corrected chi connectivity index (χ3v) is 8.25. The molecule has 34 heavy (non-hydrogen) atoms. The molecule has 0 aliphatic heterocycles. The highest BCUT2D eigenvalue weighted by atomic mass is 14.7. The van der Waals surface area contributed by atoms with E-state index in [0.717, 1.165) is 12.8 Å². The molecule has 2 aliphatic rings. The molecule has 6 rings (SSSR count). The summed E-state index contributed by atoms with van der Waals surface area (Å²) in [6.07, 6.45) is 7.07. The van der Waals surface area contributed by atoms with Crippen LogP contribution in [0.4, 0.5) is 0 Å². The molecule has 4 aromatic rings. The Bertz CT molecular complexity index is 1510. The van der Waals surface area contributed by atoms with E-state index in [-0.39, 0.29) is 16.2 Å². The van der Waals surface area contributed by atoms with Crippen molar-refractivity contribution in [1.82, 2.24) is 4.98 Å². The van der Waals surface area contributed by atoms with E-state index < -0.39 is 0 Å². The quantitative estimate of drug-likeness (QED) is 0.301. The van der Waals surface area contributed by atoms with Crippen molar-refractivity contribution in [2.24, 2.45) is 5.41 Å². The van der Waals surface area contributed by atoms with Gasteiger partial charge in [0, 0.05) is 21.8 Å². The van der Waals surface area contributed by atoms with Gasteiger partial charge in [-0.25, -0.2) is 0 Å². The van der Waals surface area contributed by atoms with Crippen molar-refractivity contribution in [1.29, 1.82) is 0 Å². The third-order valence-electron chi connectivity index (χ3n) is 8.25. The molecule has 0 saturated carbocycles.